The quantitative estimate of drug-likeness (QED) is 0.0698. The molecule has 12 heterocycles. The topological polar surface area (TPSA) is 336 Å². The van der Waals surface area contributed by atoms with Gasteiger partial charge in [0, 0.05) is 172 Å². The zero-order valence-corrected chi connectivity index (χ0v) is 65.7. The van der Waals surface area contributed by atoms with E-state index < -0.39 is 17.5 Å². The van der Waals surface area contributed by atoms with Crippen molar-refractivity contribution in [2.75, 3.05) is 47.4 Å². The van der Waals surface area contributed by atoms with Crippen LogP contribution in [0.1, 0.15) is 115 Å². The van der Waals surface area contributed by atoms with Crippen LogP contribution >= 0.6 is 0 Å². The van der Waals surface area contributed by atoms with Crippen molar-refractivity contribution >= 4 is 47.4 Å². The van der Waals surface area contributed by atoms with Gasteiger partial charge in [0.1, 0.15) is 17.5 Å². The molecule has 0 spiro atoms. The molecule has 119 heavy (non-hydrogen) atoms. The van der Waals surface area contributed by atoms with Gasteiger partial charge in [-0.25, -0.2) is 92.9 Å². The molecule has 0 radical (unpaired) electrons. The standard InChI is InChI=1S/3C22H21FN6O.C22H22N6O/c1-13-10-26-22(27-11-13)28-18-7-14-8-19(18)29(12-14)21(30)16-4-3-15(23)9-17(16)20-24-5-2-6-25-20;1-13-10-26-22(27-11-13)28-18-7-14-8-19(18)29(12-14)21(30)17-9-15(23)3-4-16(17)20-24-5-2-6-25-20;1-13-10-26-22(27-11-13)28-17-8-14-9-18(17)29(12-14)21(30)19-15(4-2-5-16(19)23)20-24-6-3-7-25-20;1-14-11-25-22(26-12-14)27-18-9-15-10-19(18)28(13-15)21(29)17-6-3-2-5-16(17)20-23-7-4-8-24-20/h2*2-6,9-11,14,18-19H,7-8,12H2,1H3,(H,26,27,28);2-7,10-11,14,17-18H,8-9,12H2,1H3,(H,26,27,28);2-8,11-12,15,18-19H,9-10,13H2,1H3,(H,25,26,27). The van der Waals surface area contributed by atoms with Gasteiger partial charge >= 0.3 is 0 Å². The van der Waals surface area contributed by atoms with Crippen LogP contribution in [0.25, 0.3) is 45.6 Å². The highest BCUT2D eigenvalue weighted by Crippen LogP contribution is 2.45. The minimum Gasteiger partial charge on any atom is -0.349 e. The summed E-state index contributed by atoms with van der Waals surface area (Å²) < 4.78 is 42.8. The highest BCUT2D eigenvalue weighted by Gasteiger charge is 2.52. The molecular weight excluding hydrogens is 1510 g/mol. The van der Waals surface area contributed by atoms with Crippen molar-refractivity contribution in [2.24, 2.45) is 23.7 Å². The molecule has 4 aliphatic heterocycles. The second kappa shape index (κ2) is 34.3. The number of amides is 4. The van der Waals surface area contributed by atoms with E-state index >= 15 is 0 Å². The van der Waals surface area contributed by atoms with E-state index in [1.807, 2.05) is 79.1 Å². The van der Waals surface area contributed by atoms with Crippen LogP contribution in [0.2, 0.25) is 0 Å². The van der Waals surface area contributed by atoms with E-state index in [4.69, 9.17) is 0 Å². The number of carbonyl (C=O) groups excluding carboxylic acids is 4. The number of anilines is 4. The number of aromatic nitrogens is 16. The van der Waals surface area contributed by atoms with Crippen LogP contribution in [-0.4, -0.2) is 197 Å². The molecule has 20 rings (SSSR count). The van der Waals surface area contributed by atoms with Gasteiger partial charge in [-0.3, -0.25) is 19.2 Å². The highest BCUT2D eigenvalue weighted by molar-refractivity contribution is 6.03. The summed E-state index contributed by atoms with van der Waals surface area (Å²) >= 11 is 0. The lowest BCUT2D eigenvalue weighted by Crippen LogP contribution is -2.48. The van der Waals surface area contributed by atoms with Gasteiger partial charge in [-0.2, -0.15) is 0 Å². The summed E-state index contributed by atoms with van der Waals surface area (Å²) in [5.41, 5.74) is 7.52. The molecule has 12 aromatic rings. The molecule has 12 atom stereocenters. The SMILES string of the molecule is Cc1cnc(NC2CC3CC2N(C(=O)c2c(F)cccc2-c2ncccn2)C3)nc1.Cc1cnc(NC2CC3CC2N(C(=O)c2cc(F)ccc2-c2ncccn2)C3)nc1.Cc1cnc(NC2CC3CC2N(C(=O)c2ccc(F)cc2-c2ncccn2)C3)nc1.Cc1cnc(NC2CC3CC2N(C(=O)c2ccccc2-c2ncccn2)C3)nc1. The number of benzene rings is 4. The minimum absolute atomic E-state index is 0.0141. The molecule has 4 saturated heterocycles. The van der Waals surface area contributed by atoms with E-state index in [0.29, 0.717) is 124 Å². The van der Waals surface area contributed by atoms with Crippen LogP contribution in [0.15, 0.2) is 202 Å². The Balaban J connectivity index is 0.000000113. The number of fused-ring (bicyclic) bond motifs is 8. The third-order valence-electron chi connectivity index (χ3n) is 23.4. The molecule has 12 unspecified atom stereocenters. The third-order valence-corrected chi connectivity index (χ3v) is 23.4. The molecule has 4 aromatic carbocycles. The normalized spacial score (nSPS) is 22.4. The maximum atomic E-state index is 14.8. The zero-order chi connectivity index (χ0) is 81.8. The van der Waals surface area contributed by atoms with Crippen molar-refractivity contribution in [3.63, 3.8) is 0 Å². The molecule has 4 amide bonds. The van der Waals surface area contributed by atoms with Gasteiger partial charge in [-0.1, -0.05) is 30.3 Å². The predicted octanol–water partition coefficient (Wildman–Crippen LogP) is 12.2. The fourth-order valence-corrected chi connectivity index (χ4v) is 18.1. The molecule has 4 N–H and O–H groups in total. The first-order chi connectivity index (χ1) is 57.9. The van der Waals surface area contributed by atoms with Crippen molar-refractivity contribution in [1.82, 2.24) is 99.3 Å². The first-order valence-electron chi connectivity index (χ1n) is 40.0. The second-order valence-electron chi connectivity index (χ2n) is 31.7. The Hall–Kier alpha value is -13.6. The number of halogens is 3. The van der Waals surface area contributed by atoms with Gasteiger partial charge in [-0.15, -0.1) is 0 Å². The summed E-state index contributed by atoms with van der Waals surface area (Å²) in [5, 5.41) is 13.6. The number of hydrogen-bond donors (Lipinski definition) is 4. The smallest absolute Gasteiger partial charge is 0.257 e. The maximum Gasteiger partial charge on any atom is 0.257 e. The number of nitrogens with zero attached hydrogens (tertiary/aromatic N) is 20. The maximum absolute atomic E-state index is 14.8. The lowest BCUT2D eigenvalue weighted by molar-refractivity contribution is 0.0681. The second-order valence-corrected chi connectivity index (χ2v) is 31.7. The average Bonchev–Trinajstić information content (AvgIpc) is 1.62. The Morgan fingerprint density at radius 1 is 0.303 bits per heavy atom. The number of carbonyl (C=O) groups is 4. The van der Waals surface area contributed by atoms with E-state index in [2.05, 4.69) is 101 Å². The number of nitrogens with one attached hydrogen (secondary N) is 4. The molecule has 602 valence electrons. The monoisotopic (exact) mass is 1600 g/mol. The van der Waals surface area contributed by atoms with Crippen molar-refractivity contribution in [3.8, 4) is 45.6 Å². The number of hydrogen-bond acceptors (Lipinski definition) is 24. The number of likely N-dealkylation sites (tertiary alicyclic amines) is 4. The minimum atomic E-state index is -0.556. The van der Waals surface area contributed by atoms with Gasteiger partial charge in [0.2, 0.25) is 23.8 Å². The summed E-state index contributed by atoms with van der Waals surface area (Å²) in [5.74, 6) is 3.67. The van der Waals surface area contributed by atoms with Crippen LogP contribution in [0.4, 0.5) is 37.0 Å². The van der Waals surface area contributed by atoms with Gasteiger partial charge < -0.3 is 40.9 Å². The molecule has 8 fully saturated rings. The van der Waals surface area contributed by atoms with Crippen LogP contribution in [0.5, 0.6) is 0 Å². The molecule has 31 heteroatoms. The van der Waals surface area contributed by atoms with E-state index in [1.54, 1.807) is 134 Å². The van der Waals surface area contributed by atoms with Gasteiger partial charge in [0.05, 0.1) is 46.4 Å². The lowest BCUT2D eigenvalue weighted by Gasteiger charge is -2.34. The largest absolute Gasteiger partial charge is 0.349 e. The van der Waals surface area contributed by atoms with Gasteiger partial charge in [-0.05, 0) is 198 Å². The first-order valence-corrected chi connectivity index (χ1v) is 40.0. The van der Waals surface area contributed by atoms with Crippen LogP contribution in [-0.2, 0) is 0 Å². The fourth-order valence-electron chi connectivity index (χ4n) is 18.1. The summed E-state index contributed by atoms with van der Waals surface area (Å²) in [6.45, 7) is 10.6. The first kappa shape index (κ1) is 77.9. The predicted molar refractivity (Wildman–Crippen MR) is 437 cm³/mol. The van der Waals surface area contributed by atoms with Crippen molar-refractivity contribution in [2.45, 2.75) is 127 Å². The van der Waals surface area contributed by atoms with Crippen molar-refractivity contribution in [3.05, 3.63) is 264 Å². The Kier molecular flexibility index (Phi) is 22.5. The van der Waals surface area contributed by atoms with Crippen LogP contribution < -0.4 is 21.3 Å². The molecule has 8 bridgehead atoms. The zero-order valence-electron chi connectivity index (χ0n) is 65.7. The Morgan fingerprint density at radius 2 is 0.605 bits per heavy atom. The molecule has 4 saturated carbocycles. The van der Waals surface area contributed by atoms with E-state index in [-0.39, 0.29) is 77.5 Å². The average molecular weight is 1600 g/mol. The van der Waals surface area contributed by atoms with Gasteiger partial charge in [0.15, 0.2) is 23.3 Å². The number of piperidine rings is 4. The van der Waals surface area contributed by atoms with Crippen LogP contribution in [0.3, 0.4) is 0 Å². The summed E-state index contributed by atoms with van der Waals surface area (Å²) in [7, 11) is 0. The fraction of sp³-hybridized carbons (Fsp3) is 0.318. The highest BCUT2D eigenvalue weighted by atomic mass is 19.1. The van der Waals surface area contributed by atoms with E-state index in [1.165, 1.54) is 36.4 Å². The number of aryl methyl sites for hydroxylation is 4. The molecule has 28 nitrogen and oxygen atoms in total. The lowest BCUT2D eigenvalue weighted by atomic mass is 10.0. The third kappa shape index (κ3) is 17.0. The van der Waals surface area contributed by atoms with E-state index in [0.717, 1.165) is 85.7 Å². The van der Waals surface area contributed by atoms with Crippen molar-refractivity contribution in [1.29, 1.82) is 0 Å². The Morgan fingerprint density at radius 3 is 0.983 bits per heavy atom. The van der Waals surface area contributed by atoms with Crippen molar-refractivity contribution < 1.29 is 32.3 Å². The van der Waals surface area contributed by atoms with Gasteiger partial charge in [0.25, 0.3) is 23.6 Å². The molecule has 8 aliphatic rings. The molecule has 8 aromatic heterocycles. The Bertz CT molecular complexity index is 5590. The molecule has 4 aliphatic carbocycles. The van der Waals surface area contributed by atoms with E-state index in [9.17, 15) is 32.3 Å². The summed E-state index contributed by atoms with van der Waals surface area (Å²) in [6, 6.07) is 27.9. The van der Waals surface area contributed by atoms with Crippen LogP contribution in [0, 0.1) is 68.8 Å². The number of rotatable bonds is 16. The summed E-state index contributed by atoms with van der Waals surface area (Å²) in [4.78, 5) is 130. The summed E-state index contributed by atoms with van der Waals surface area (Å²) in [6.07, 6.45) is 34.8. The Labute approximate surface area is 684 Å². The molecular formula is C88H85F3N24O4.